The van der Waals surface area contributed by atoms with Gasteiger partial charge in [-0.3, -0.25) is 19.2 Å². The number of fused-ring (bicyclic) bond motifs is 1. The van der Waals surface area contributed by atoms with E-state index in [0.717, 1.165) is 4.90 Å². The third-order valence-electron chi connectivity index (χ3n) is 6.87. The fourth-order valence-corrected chi connectivity index (χ4v) is 5.35. The first-order chi connectivity index (χ1) is 20.3. The molecule has 2 atom stereocenters. The van der Waals surface area contributed by atoms with Crippen molar-refractivity contribution in [3.05, 3.63) is 70.1 Å². The van der Waals surface area contributed by atoms with Crippen molar-refractivity contribution in [2.24, 2.45) is 0 Å². The van der Waals surface area contributed by atoms with E-state index in [2.05, 4.69) is 17.2 Å². The van der Waals surface area contributed by atoms with Crippen LogP contribution in [-0.2, 0) is 37.5 Å². The van der Waals surface area contributed by atoms with E-state index in [1.807, 2.05) is 4.72 Å². The third kappa shape index (κ3) is 7.39. The maximum absolute atomic E-state index is 14.5. The number of nitrogens with zero attached hydrogens (tertiary/aromatic N) is 2. The highest BCUT2D eigenvalue weighted by Crippen LogP contribution is 2.26. The van der Waals surface area contributed by atoms with Crippen molar-refractivity contribution in [2.45, 2.75) is 45.6 Å². The van der Waals surface area contributed by atoms with E-state index in [9.17, 15) is 36.4 Å². The van der Waals surface area contributed by atoms with Gasteiger partial charge in [0.2, 0.25) is 21.8 Å². The molecule has 0 unspecified atom stereocenters. The van der Waals surface area contributed by atoms with Crippen LogP contribution in [0, 0.1) is 17.7 Å². The summed E-state index contributed by atoms with van der Waals surface area (Å²) in [4.78, 5) is 51.7. The lowest BCUT2D eigenvalue weighted by molar-refractivity contribution is -0.139. The summed E-state index contributed by atoms with van der Waals surface area (Å²) in [6.07, 6.45) is -0.236. The van der Waals surface area contributed by atoms with Gasteiger partial charge in [0.15, 0.2) is 5.78 Å². The number of ketones is 1. The van der Waals surface area contributed by atoms with Gasteiger partial charge in [-0.2, -0.15) is 0 Å². The van der Waals surface area contributed by atoms with Gasteiger partial charge in [0.25, 0.3) is 0 Å². The van der Waals surface area contributed by atoms with Crippen LogP contribution in [0.1, 0.15) is 41.8 Å². The number of sulfonamides is 1. The molecular weight excluding hydrogens is 606 g/mol. The van der Waals surface area contributed by atoms with Crippen LogP contribution < -0.4 is 10.0 Å². The average Bonchev–Trinajstić information content (AvgIpc) is 3.53. The van der Waals surface area contributed by atoms with Gasteiger partial charge in [0.05, 0.1) is 22.8 Å². The maximum Gasteiger partial charge on any atom is 0.309 e. The summed E-state index contributed by atoms with van der Waals surface area (Å²) in [6.45, 7) is 1.83. The Labute approximate surface area is 251 Å². The molecule has 2 heterocycles. The first kappa shape index (κ1) is 31.7. The molecule has 14 heteroatoms. The fourth-order valence-electron chi connectivity index (χ4n) is 4.68. The predicted molar refractivity (Wildman–Crippen MR) is 155 cm³/mol. The van der Waals surface area contributed by atoms with Crippen molar-refractivity contribution in [1.82, 2.24) is 19.5 Å². The van der Waals surface area contributed by atoms with Crippen LogP contribution >= 0.6 is 11.6 Å². The van der Waals surface area contributed by atoms with Crippen LogP contribution in [-0.4, -0.2) is 65.9 Å². The van der Waals surface area contributed by atoms with Crippen LogP contribution in [0.25, 0.3) is 10.9 Å². The number of likely N-dealkylation sites (tertiary alicyclic amines) is 1. The van der Waals surface area contributed by atoms with Crippen molar-refractivity contribution in [3.63, 3.8) is 0 Å². The number of nitrogens with one attached hydrogen (secondary N) is 2. The molecule has 226 valence electrons. The van der Waals surface area contributed by atoms with Gasteiger partial charge in [-0.25, -0.2) is 21.9 Å². The third-order valence-corrected chi connectivity index (χ3v) is 8.42. The van der Waals surface area contributed by atoms with E-state index in [4.69, 9.17) is 11.6 Å². The number of amides is 3. The SMILES string of the molecule is CCS(=O)(=O)NC(=O)C#Cc1ccc2c(C(C)=O)cn(CC(=O)N3C[C@H](F)C[C@H]3C(=O)NCc3cccc(Cl)c3F)c2c1. The molecule has 3 amide bonds. The molecule has 3 aromatic rings. The lowest BCUT2D eigenvalue weighted by Gasteiger charge is -2.24. The van der Waals surface area contributed by atoms with Gasteiger partial charge in [0.1, 0.15) is 24.6 Å². The maximum atomic E-state index is 14.5. The number of alkyl halides is 1. The minimum atomic E-state index is -3.79. The number of rotatable bonds is 8. The Hall–Kier alpha value is -4.28. The van der Waals surface area contributed by atoms with Gasteiger partial charge < -0.3 is 14.8 Å². The number of hydrogen-bond donors (Lipinski definition) is 2. The molecule has 4 rings (SSSR count). The molecule has 0 aliphatic carbocycles. The smallest absolute Gasteiger partial charge is 0.309 e. The van der Waals surface area contributed by atoms with Crippen LogP contribution in [0.5, 0.6) is 0 Å². The number of carbonyl (C=O) groups excluding carboxylic acids is 4. The van der Waals surface area contributed by atoms with Crippen molar-refractivity contribution < 1.29 is 36.4 Å². The van der Waals surface area contributed by atoms with Crippen molar-refractivity contribution in [3.8, 4) is 11.8 Å². The first-order valence-corrected chi connectivity index (χ1v) is 15.2. The monoisotopic (exact) mass is 632 g/mol. The predicted octanol–water partition coefficient (Wildman–Crippen LogP) is 2.71. The van der Waals surface area contributed by atoms with Crippen molar-refractivity contribution in [2.75, 3.05) is 12.3 Å². The topological polar surface area (TPSA) is 135 Å². The van der Waals surface area contributed by atoms with Gasteiger partial charge in [-0.05, 0) is 32.0 Å². The molecule has 0 saturated carbocycles. The van der Waals surface area contributed by atoms with Crippen LogP contribution in [0.4, 0.5) is 8.78 Å². The summed E-state index contributed by atoms with van der Waals surface area (Å²) in [6, 6.07) is 7.83. The van der Waals surface area contributed by atoms with Gasteiger partial charge in [-0.1, -0.05) is 35.7 Å². The second-order valence-corrected chi connectivity index (χ2v) is 12.3. The average molecular weight is 633 g/mol. The molecule has 1 fully saturated rings. The molecule has 10 nitrogen and oxygen atoms in total. The molecule has 2 aromatic carbocycles. The van der Waals surface area contributed by atoms with E-state index in [0.29, 0.717) is 22.0 Å². The Morgan fingerprint density at radius 2 is 1.91 bits per heavy atom. The standard InChI is InChI=1S/C29H27ClF2N4O6S/c1-3-43(41,42)34-26(38)10-8-18-7-9-21-22(17(2)37)15-35(24(21)11-18)16-27(39)36-14-20(31)12-25(36)29(40)33-13-19-5-4-6-23(30)28(19)32/h4-7,9,11,15,20,25H,3,12-14,16H2,1-2H3,(H,33,40)(H,34,38)/t20-,25+/m1/s1. The lowest BCUT2D eigenvalue weighted by atomic mass is 10.1. The summed E-state index contributed by atoms with van der Waals surface area (Å²) >= 11 is 5.79. The Kier molecular flexibility index (Phi) is 9.52. The Balaban J connectivity index is 1.56. The molecule has 1 aromatic heterocycles. The number of carbonyl (C=O) groups is 4. The molecule has 1 saturated heterocycles. The van der Waals surface area contributed by atoms with E-state index in [-0.39, 0.29) is 48.2 Å². The van der Waals surface area contributed by atoms with E-state index in [1.165, 1.54) is 54.9 Å². The summed E-state index contributed by atoms with van der Waals surface area (Å²) in [7, 11) is -3.79. The zero-order valence-electron chi connectivity index (χ0n) is 23.1. The van der Waals surface area contributed by atoms with E-state index >= 15 is 0 Å². The molecule has 0 bridgehead atoms. The zero-order valence-corrected chi connectivity index (χ0v) is 24.7. The normalized spacial score (nSPS) is 16.4. The Morgan fingerprint density at radius 3 is 2.60 bits per heavy atom. The number of benzene rings is 2. The molecule has 2 N–H and O–H groups in total. The fraction of sp³-hybridized carbons (Fsp3) is 0.310. The van der Waals surface area contributed by atoms with E-state index in [1.54, 1.807) is 6.07 Å². The molecule has 1 aliphatic heterocycles. The number of halogens is 3. The van der Waals surface area contributed by atoms with E-state index < -0.39 is 45.8 Å². The second-order valence-electron chi connectivity index (χ2n) is 9.87. The van der Waals surface area contributed by atoms with Gasteiger partial charge >= 0.3 is 5.91 Å². The van der Waals surface area contributed by atoms with Crippen LogP contribution in [0.15, 0.2) is 42.6 Å². The summed E-state index contributed by atoms with van der Waals surface area (Å²) in [5.41, 5.74) is 1.14. The quantitative estimate of drug-likeness (QED) is 0.290. The zero-order chi connectivity index (χ0) is 31.5. The molecule has 1 aliphatic rings. The van der Waals surface area contributed by atoms with Crippen LogP contribution in [0.3, 0.4) is 0 Å². The second kappa shape index (κ2) is 12.9. The van der Waals surface area contributed by atoms with Crippen molar-refractivity contribution in [1.29, 1.82) is 0 Å². The highest BCUT2D eigenvalue weighted by atomic mass is 35.5. The largest absolute Gasteiger partial charge is 0.350 e. The molecular formula is C29H27ClF2N4O6S. The summed E-state index contributed by atoms with van der Waals surface area (Å²) < 4.78 is 55.2. The minimum Gasteiger partial charge on any atom is -0.350 e. The highest BCUT2D eigenvalue weighted by Gasteiger charge is 2.39. The molecule has 43 heavy (non-hydrogen) atoms. The number of Topliss-reactive ketones (excluding diaryl/α,β-unsaturated/α-hetero) is 1. The Bertz CT molecular complexity index is 1800. The first-order valence-electron chi connectivity index (χ1n) is 13.1. The summed E-state index contributed by atoms with van der Waals surface area (Å²) in [5.74, 6) is 1.21. The minimum absolute atomic E-state index is 0.112. The lowest BCUT2D eigenvalue weighted by Crippen LogP contribution is -2.46. The Morgan fingerprint density at radius 1 is 1.16 bits per heavy atom. The van der Waals surface area contributed by atoms with Gasteiger partial charge in [-0.15, -0.1) is 0 Å². The highest BCUT2D eigenvalue weighted by molar-refractivity contribution is 7.90. The summed E-state index contributed by atoms with van der Waals surface area (Å²) in [5, 5.41) is 2.92. The van der Waals surface area contributed by atoms with Gasteiger partial charge in [0, 0.05) is 47.2 Å². The molecule has 0 spiro atoms. The van der Waals surface area contributed by atoms with Crippen molar-refractivity contribution >= 4 is 56.0 Å². The number of hydrogen-bond acceptors (Lipinski definition) is 6. The molecule has 0 radical (unpaired) electrons. The van der Waals surface area contributed by atoms with Crippen LogP contribution in [0.2, 0.25) is 5.02 Å². The number of aromatic nitrogens is 1.